The Hall–Kier alpha value is -1.04. The summed E-state index contributed by atoms with van der Waals surface area (Å²) in [4.78, 5) is 21.6. The smallest absolute Gasteiger partial charge is 0.255 e. The molecule has 5 nitrogen and oxygen atoms in total. The summed E-state index contributed by atoms with van der Waals surface area (Å²) < 4.78 is 0. The number of amides is 1. The van der Waals surface area contributed by atoms with E-state index >= 15 is 0 Å². The highest BCUT2D eigenvalue weighted by molar-refractivity contribution is 5.94. The number of hydrogen-bond donors (Lipinski definition) is 1. The number of pyridine rings is 1. The van der Waals surface area contributed by atoms with Gasteiger partial charge in [-0.2, -0.15) is 0 Å². The van der Waals surface area contributed by atoms with Crippen molar-refractivity contribution in [1.82, 2.24) is 15.2 Å². The van der Waals surface area contributed by atoms with Crippen molar-refractivity contribution in [3.05, 3.63) is 23.9 Å². The van der Waals surface area contributed by atoms with Crippen LogP contribution in [0.15, 0.2) is 18.3 Å². The van der Waals surface area contributed by atoms with Crippen molar-refractivity contribution < 1.29 is 4.79 Å². The standard InChI is InChI=1S/C19H30N4O.2ClH/c1-3-9-22(4-2)18-6-5-17(14-21-18)19(24)23-10-7-15-12-20-13-16(15)8-11-23;;/h5-6,14-16,20H,3-4,7-13H2,1-2H3;2*1H/t15-,16+;;. The molecular weight excluding hydrogens is 371 g/mol. The fourth-order valence-corrected chi connectivity index (χ4v) is 4.01. The van der Waals surface area contributed by atoms with E-state index in [0.717, 1.165) is 81.7 Å². The van der Waals surface area contributed by atoms with Crippen LogP contribution in [0.25, 0.3) is 0 Å². The van der Waals surface area contributed by atoms with Gasteiger partial charge in [0.25, 0.3) is 5.91 Å². The Balaban J connectivity index is 0.00000169. The Labute approximate surface area is 169 Å². The molecule has 3 heterocycles. The number of halogens is 2. The first-order valence-corrected chi connectivity index (χ1v) is 9.44. The van der Waals surface area contributed by atoms with Gasteiger partial charge in [0.1, 0.15) is 5.82 Å². The molecule has 2 aliphatic rings. The molecule has 26 heavy (non-hydrogen) atoms. The highest BCUT2D eigenvalue weighted by Crippen LogP contribution is 2.27. The largest absolute Gasteiger partial charge is 0.357 e. The van der Waals surface area contributed by atoms with Gasteiger partial charge in [-0.1, -0.05) is 6.92 Å². The molecule has 0 aliphatic carbocycles. The number of nitrogens with one attached hydrogen (secondary N) is 1. The van der Waals surface area contributed by atoms with Crippen LogP contribution in [0.4, 0.5) is 5.82 Å². The molecule has 0 aromatic carbocycles. The van der Waals surface area contributed by atoms with Gasteiger partial charge in [0, 0.05) is 32.4 Å². The van der Waals surface area contributed by atoms with Gasteiger partial charge in [0.15, 0.2) is 0 Å². The van der Waals surface area contributed by atoms with Gasteiger partial charge in [-0.25, -0.2) is 4.98 Å². The van der Waals surface area contributed by atoms with Gasteiger partial charge in [-0.3, -0.25) is 4.79 Å². The number of fused-ring (bicyclic) bond motifs is 1. The van der Waals surface area contributed by atoms with E-state index in [0.29, 0.717) is 0 Å². The van der Waals surface area contributed by atoms with Crippen LogP contribution >= 0.6 is 24.8 Å². The molecule has 0 bridgehead atoms. The normalized spacial score (nSPS) is 21.8. The van der Waals surface area contributed by atoms with Gasteiger partial charge in [0.05, 0.1) is 5.56 Å². The second-order valence-electron chi connectivity index (χ2n) is 7.03. The average molecular weight is 403 g/mol. The molecule has 1 N–H and O–H groups in total. The highest BCUT2D eigenvalue weighted by atomic mass is 35.5. The minimum atomic E-state index is 0. The second kappa shape index (κ2) is 11.0. The Morgan fingerprint density at radius 2 is 1.85 bits per heavy atom. The zero-order valence-electron chi connectivity index (χ0n) is 15.8. The first-order valence-electron chi connectivity index (χ1n) is 9.44. The zero-order chi connectivity index (χ0) is 16.9. The molecule has 1 aromatic rings. The van der Waals surface area contributed by atoms with Crippen molar-refractivity contribution in [1.29, 1.82) is 0 Å². The third-order valence-electron chi connectivity index (χ3n) is 5.50. The van der Waals surface area contributed by atoms with Crippen LogP contribution in [-0.4, -0.2) is 55.1 Å². The van der Waals surface area contributed by atoms with E-state index in [4.69, 9.17) is 0 Å². The lowest BCUT2D eigenvalue weighted by Crippen LogP contribution is -2.33. The van der Waals surface area contributed by atoms with E-state index in [1.54, 1.807) is 6.20 Å². The lowest BCUT2D eigenvalue weighted by atomic mass is 9.92. The molecule has 148 valence electrons. The molecule has 2 saturated heterocycles. The predicted octanol–water partition coefficient (Wildman–Crippen LogP) is 3.23. The summed E-state index contributed by atoms with van der Waals surface area (Å²) in [5, 5.41) is 3.48. The maximum Gasteiger partial charge on any atom is 0.255 e. The van der Waals surface area contributed by atoms with E-state index in [-0.39, 0.29) is 30.7 Å². The summed E-state index contributed by atoms with van der Waals surface area (Å²) in [6, 6.07) is 3.93. The number of aromatic nitrogens is 1. The summed E-state index contributed by atoms with van der Waals surface area (Å²) in [5.41, 5.74) is 0.719. The lowest BCUT2D eigenvalue weighted by molar-refractivity contribution is 0.0758. The highest BCUT2D eigenvalue weighted by Gasteiger charge is 2.31. The third kappa shape index (κ3) is 5.24. The van der Waals surface area contributed by atoms with Crippen molar-refractivity contribution in [2.75, 3.05) is 44.2 Å². The van der Waals surface area contributed by atoms with Gasteiger partial charge < -0.3 is 15.1 Å². The number of rotatable bonds is 5. The molecular formula is C19H32Cl2N4O. The first-order chi connectivity index (χ1) is 11.7. The van der Waals surface area contributed by atoms with Crippen LogP contribution in [0.2, 0.25) is 0 Å². The van der Waals surface area contributed by atoms with Gasteiger partial charge in [-0.15, -0.1) is 24.8 Å². The number of nitrogens with zero attached hydrogens (tertiary/aromatic N) is 3. The van der Waals surface area contributed by atoms with Crippen molar-refractivity contribution in [3.63, 3.8) is 0 Å². The van der Waals surface area contributed by atoms with Gasteiger partial charge in [0.2, 0.25) is 0 Å². The summed E-state index contributed by atoms with van der Waals surface area (Å²) in [7, 11) is 0. The van der Waals surface area contributed by atoms with Crippen LogP contribution in [0.1, 0.15) is 43.5 Å². The molecule has 0 radical (unpaired) electrons. The SMILES string of the molecule is CCCN(CC)c1ccc(C(=O)N2CC[C@@H]3CNC[C@@H]3CC2)cn1.Cl.Cl. The number of likely N-dealkylation sites (tertiary alicyclic amines) is 1. The van der Waals surface area contributed by atoms with E-state index in [1.807, 2.05) is 17.0 Å². The van der Waals surface area contributed by atoms with Crippen molar-refractivity contribution in [3.8, 4) is 0 Å². The van der Waals surface area contributed by atoms with E-state index in [9.17, 15) is 4.79 Å². The molecule has 2 aliphatic heterocycles. The average Bonchev–Trinajstić information content (AvgIpc) is 2.98. The fourth-order valence-electron chi connectivity index (χ4n) is 4.01. The maximum atomic E-state index is 12.8. The minimum Gasteiger partial charge on any atom is -0.357 e. The number of anilines is 1. The predicted molar refractivity (Wildman–Crippen MR) is 112 cm³/mol. The van der Waals surface area contributed by atoms with Crippen LogP contribution < -0.4 is 10.2 Å². The van der Waals surface area contributed by atoms with Crippen LogP contribution in [0.5, 0.6) is 0 Å². The van der Waals surface area contributed by atoms with E-state index in [2.05, 4.69) is 29.0 Å². The van der Waals surface area contributed by atoms with Crippen molar-refractivity contribution in [2.24, 2.45) is 11.8 Å². The molecule has 2 fully saturated rings. The number of carbonyl (C=O) groups excluding carboxylic acids is 1. The quantitative estimate of drug-likeness (QED) is 0.820. The number of carbonyl (C=O) groups is 1. The van der Waals surface area contributed by atoms with Crippen molar-refractivity contribution >= 4 is 36.5 Å². The molecule has 0 saturated carbocycles. The number of hydrogen-bond acceptors (Lipinski definition) is 4. The third-order valence-corrected chi connectivity index (χ3v) is 5.50. The molecule has 2 atom stereocenters. The zero-order valence-corrected chi connectivity index (χ0v) is 17.5. The molecule has 3 rings (SSSR count). The Bertz CT molecular complexity index is 541. The van der Waals surface area contributed by atoms with Crippen LogP contribution in [0.3, 0.4) is 0 Å². The Morgan fingerprint density at radius 3 is 2.35 bits per heavy atom. The van der Waals surface area contributed by atoms with Gasteiger partial charge in [-0.05, 0) is 63.2 Å². The summed E-state index contributed by atoms with van der Waals surface area (Å²) >= 11 is 0. The van der Waals surface area contributed by atoms with Gasteiger partial charge >= 0.3 is 0 Å². The molecule has 1 amide bonds. The fraction of sp³-hybridized carbons (Fsp3) is 0.684. The monoisotopic (exact) mass is 402 g/mol. The van der Waals surface area contributed by atoms with E-state index < -0.39 is 0 Å². The molecule has 0 unspecified atom stereocenters. The Morgan fingerprint density at radius 1 is 1.19 bits per heavy atom. The second-order valence-corrected chi connectivity index (χ2v) is 7.03. The maximum absolute atomic E-state index is 12.8. The van der Waals surface area contributed by atoms with Crippen LogP contribution in [-0.2, 0) is 0 Å². The topological polar surface area (TPSA) is 48.5 Å². The van der Waals surface area contributed by atoms with Crippen molar-refractivity contribution in [2.45, 2.75) is 33.1 Å². The van der Waals surface area contributed by atoms with E-state index in [1.165, 1.54) is 0 Å². The molecule has 0 spiro atoms. The first kappa shape index (κ1) is 23.0. The minimum absolute atomic E-state index is 0. The summed E-state index contributed by atoms with van der Waals surface area (Å²) in [6.07, 6.45) is 5.09. The lowest BCUT2D eigenvalue weighted by Gasteiger charge is -2.23. The summed E-state index contributed by atoms with van der Waals surface area (Å²) in [5.74, 6) is 2.60. The summed E-state index contributed by atoms with van der Waals surface area (Å²) in [6.45, 7) is 10.2. The molecule has 1 aromatic heterocycles. The Kier molecular flexibility index (Phi) is 9.69. The van der Waals surface area contributed by atoms with Crippen LogP contribution in [0, 0.1) is 11.8 Å². The molecule has 7 heteroatoms.